The summed E-state index contributed by atoms with van der Waals surface area (Å²) < 4.78 is 0. The van der Waals surface area contributed by atoms with Gasteiger partial charge >= 0.3 is 0 Å². The minimum Gasteiger partial charge on any atom is -0.394 e. The topological polar surface area (TPSA) is 70.1 Å². The van der Waals surface area contributed by atoms with Crippen molar-refractivity contribution in [3.8, 4) is 0 Å². The zero-order valence-electron chi connectivity index (χ0n) is 13.2. The van der Waals surface area contributed by atoms with Crippen LogP contribution in [0.5, 0.6) is 0 Å². The van der Waals surface area contributed by atoms with Gasteiger partial charge in [0.1, 0.15) is 17.5 Å². The lowest BCUT2D eigenvalue weighted by atomic mass is 9.95. The molecule has 0 radical (unpaired) electrons. The van der Waals surface area contributed by atoms with Crippen molar-refractivity contribution in [3.05, 3.63) is 11.4 Å². The lowest BCUT2D eigenvalue weighted by molar-refractivity contribution is 0.266. The van der Waals surface area contributed by atoms with E-state index in [4.69, 9.17) is 0 Å². The van der Waals surface area contributed by atoms with Crippen molar-refractivity contribution in [1.29, 1.82) is 0 Å². The van der Waals surface area contributed by atoms with Gasteiger partial charge in [0, 0.05) is 17.5 Å². The highest BCUT2D eigenvalue weighted by Gasteiger charge is 2.43. The van der Waals surface area contributed by atoms with E-state index in [0.29, 0.717) is 0 Å². The Morgan fingerprint density at radius 2 is 1.80 bits per heavy atom. The molecule has 1 heterocycles. The molecule has 0 aliphatic heterocycles. The van der Waals surface area contributed by atoms with Gasteiger partial charge < -0.3 is 15.7 Å². The average molecular weight is 278 g/mol. The molecule has 5 nitrogen and oxygen atoms in total. The zero-order valence-corrected chi connectivity index (χ0v) is 13.2. The highest BCUT2D eigenvalue weighted by atomic mass is 16.3. The van der Waals surface area contributed by atoms with Crippen LogP contribution in [-0.2, 0) is 5.41 Å². The van der Waals surface area contributed by atoms with Crippen LogP contribution >= 0.6 is 0 Å². The molecule has 0 aromatic carbocycles. The number of rotatable bonds is 5. The van der Waals surface area contributed by atoms with Gasteiger partial charge in [-0.3, -0.25) is 0 Å². The van der Waals surface area contributed by atoms with Gasteiger partial charge in [0.15, 0.2) is 0 Å². The molecule has 1 fully saturated rings. The SMILES string of the molecule is CCNc1nc(C(C)(C)C)nc(NC2(CO)CC2)c1C. The summed E-state index contributed by atoms with van der Waals surface area (Å²) >= 11 is 0. The highest BCUT2D eigenvalue weighted by molar-refractivity contribution is 5.59. The first-order chi connectivity index (χ1) is 9.31. The second kappa shape index (κ2) is 5.20. The van der Waals surface area contributed by atoms with Crippen molar-refractivity contribution in [3.63, 3.8) is 0 Å². The fourth-order valence-corrected chi connectivity index (χ4v) is 2.04. The van der Waals surface area contributed by atoms with E-state index in [1.54, 1.807) is 0 Å². The summed E-state index contributed by atoms with van der Waals surface area (Å²) in [5, 5.41) is 16.2. The molecular weight excluding hydrogens is 252 g/mol. The summed E-state index contributed by atoms with van der Waals surface area (Å²) in [6.07, 6.45) is 1.99. The molecule has 112 valence electrons. The van der Waals surface area contributed by atoms with Gasteiger partial charge in [0.25, 0.3) is 0 Å². The first kappa shape index (κ1) is 15.0. The van der Waals surface area contributed by atoms with Gasteiger partial charge in [-0.05, 0) is 26.7 Å². The monoisotopic (exact) mass is 278 g/mol. The van der Waals surface area contributed by atoms with Crippen molar-refractivity contribution >= 4 is 11.6 Å². The molecule has 0 unspecified atom stereocenters. The molecule has 1 aliphatic carbocycles. The first-order valence-electron chi connectivity index (χ1n) is 7.33. The van der Waals surface area contributed by atoms with Crippen molar-refractivity contribution in [2.24, 2.45) is 0 Å². The molecule has 3 N–H and O–H groups in total. The molecule has 0 spiro atoms. The number of nitrogens with one attached hydrogen (secondary N) is 2. The van der Waals surface area contributed by atoms with Gasteiger partial charge in [-0.15, -0.1) is 0 Å². The standard InChI is InChI=1S/C15H26N4O/c1-6-16-11-10(2)12(19-15(9-20)7-8-15)18-13(17-11)14(3,4)5/h20H,6-9H2,1-5H3,(H2,16,17,18,19). The molecule has 0 atom stereocenters. The zero-order chi connectivity index (χ0) is 15.0. The predicted octanol–water partition coefficient (Wildman–Crippen LogP) is 2.45. The van der Waals surface area contributed by atoms with Gasteiger partial charge in [-0.1, -0.05) is 20.8 Å². The molecule has 2 rings (SSSR count). The first-order valence-corrected chi connectivity index (χ1v) is 7.33. The van der Waals surface area contributed by atoms with Crippen LogP contribution < -0.4 is 10.6 Å². The molecule has 1 aliphatic rings. The van der Waals surface area contributed by atoms with Gasteiger partial charge in [0.2, 0.25) is 0 Å². The summed E-state index contributed by atoms with van der Waals surface area (Å²) in [5.74, 6) is 2.53. The second-order valence-electron chi connectivity index (χ2n) is 6.71. The van der Waals surface area contributed by atoms with E-state index in [1.165, 1.54) is 0 Å². The van der Waals surface area contributed by atoms with Crippen LogP contribution in [0.15, 0.2) is 0 Å². The van der Waals surface area contributed by atoms with Crippen molar-refractivity contribution in [1.82, 2.24) is 9.97 Å². The Kier molecular flexibility index (Phi) is 3.91. The Hall–Kier alpha value is -1.36. The molecule has 0 amide bonds. The lowest BCUT2D eigenvalue weighted by Crippen LogP contribution is -2.28. The molecule has 1 saturated carbocycles. The predicted molar refractivity (Wildman–Crippen MR) is 82.3 cm³/mol. The number of nitrogens with zero attached hydrogens (tertiary/aromatic N) is 2. The molecule has 1 aromatic rings. The molecule has 0 saturated heterocycles. The van der Waals surface area contributed by atoms with Crippen LogP contribution in [0.2, 0.25) is 0 Å². The normalized spacial score (nSPS) is 16.9. The van der Waals surface area contributed by atoms with E-state index in [1.807, 2.05) is 6.92 Å². The number of aromatic nitrogens is 2. The Morgan fingerprint density at radius 1 is 1.20 bits per heavy atom. The van der Waals surface area contributed by atoms with E-state index < -0.39 is 0 Å². The number of hydrogen-bond acceptors (Lipinski definition) is 5. The van der Waals surface area contributed by atoms with Crippen molar-refractivity contribution < 1.29 is 5.11 Å². The van der Waals surface area contributed by atoms with Gasteiger partial charge in [-0.2, -0.15) is 0 Å². The maximum atomic E-state index is 9.49. The molecule has 0 bridgehead atoms. The minimum atomic E-state index is -0.169. The average Bonchev–Trinajstić information content (AvgIpc) is 3.13. The third-order valence-corrected chi connectivity index (χ3v) is 3.70. The maximum absolute atomic E-state index is 9.49. The largest absolute Gasteiger partial charge is 0.394 e. The fraction of sp³-hybridized carbons (Fsp3) is 0.733. The van der Waals surface area contributed by atoms with Crippen LogP contribution in [0.1, 0.15) is 51.9 Å². The van der Waals surface area contributed by atoms with E-state index in [0.717, 1.165) is 42.4 Å². The molecule has 20 heavy (non-hydrogen) atoms. The third kappa shape index (κ3) is 3.03. The lowest BCUT2D eigenvalue weighted by Gasteiger charge is -2.23. The minimum absolute atomic E-state index is 0.107. The maximum Gasteiger partial charge on any atom is 0.138 e. The number of aliphatic hydroxyl groups is 1. The van der Waals surface area contributed by atoms with Crippen LogP contribution in [0.4, 0.5) is 11.6 Å². The summed E-state index contributed by atoms with van der Waals surface area (Å²) in [7, 11) is 0. The molecular formula is C15H26N4O. The van der Waals surface area contributed by atoms with Crippen LogP contribution in [0.25, 0.3) is 0 Å². The van der Waals surface area contributed by atoms with Crippen molar-refractivity contribution in [2.75, 3.05) is 23.8 Å². The summed E-state index contributed by atoms with van der Waals surface area (Å²) in [4.78, 5) is 9.33. The van der Waals surface area contributed by atoms with Crippen LogP contribution in [0.3, 0.4) is 0 Å². The number of hydrogen-bond donors (Lipinski definition) is 3. The van der Waals surface area contributed by atoms with E-state index >= 15 is 0 Å². The Balaban J connectivity index is 2.40. The Labute approximate surface area is 121 Å². The Morgan fingerprint density at radius 3 is 2.25 bits per heavy atom. The Bertz CT molecular complexity index is 489. The summed E-state index contributed by atoms with van der Waals surface area (Å²) in [5.41, 5.74) is 0.738. The second-order valence-corrected chi connectivity index (χ2v) is 6.71. The van der Waals surface area contributed by atoms with Crippen LogP contribution in [-0.4, -0.2) is 33.8 Å². The van der Waals surface area contributed by atoms with E-state index in [2.05, 4.69) is 48.3 Å². The number of anilines is 2. The van der Waals surface area contributed by atoms with E-state index in [9.17, 15) is 5.11 Å². The van der Waals surface area contributed by atoms with Crippen LogP contribution in [0, 0.1) is 6.92 Å². The highest BCUT2D eigenvalue weighted by Crippen LogP contribution is 2.39. The fourth-order valence-electron chi connectivity index (χ4n) is 2.04. The number of aliphatic hydroxyl groups excluding tert-OH is 1. The van der Waals surface area contributed by atoms with Gasteiger partial charge in [-0.25, -0.2) is 9.97 Å². The quantitative estimate of drug-likeness (QED) is 0.772. The molecule has 5 heteroatoms. The smallest absolute Gasteiger partial charge is 0.138 e. The third-order valence-electron chi connectivity index (χ3n) is 3.70. The summed E-state index contributed by atoms with van der Waals surface area (Å²) in [6, 6.07) is 0. The van der Waals surface area contributed by atoms with Crippen molar-refractivity contribution in [2.45, 2.75) is 58.4 Å². The van der Waals surface area contributed by atoms with E-state index in [-0.39, 0.29) is 17.6 Å². The molecule has 1 aromatic heterocycles. The summed E-state index contributed by atoms with van der Waals surface area (Å²) in [6.45, 7) is 11.4. The van der Waals surface area contributed by atoms with Gasteiger partial charge in [0.05, 0.1) is 12.1 Å².